The van der Waals surface area contributed by atoms with Crippen molar-refractivity contribution in [3.63, 3.8) is 0 Å². The molecule has 0 aliphatic carbocycles. The van der Waals surface area contributed by atoms with Gasteiger partial charge in [0.15, 0.2) is 0 Å². The van der Waals surface area contributed by atoms with Crippen molar-refractivity contribution in [3.05, 3.63) is 200 Å². The van der Waals surface area contributed by atoms with Gasteiger partial charge in [0.05, 0.1) is 5.69 Å². The van der Waals surface area contributed by atoms with Gasteiger partial charge in [-0.1, -0.05) is 152 Å². The molecule has 0 N–H and O–H groups in total. The lowest BCUT2D eigenvalue weighted by molar-refractivity contribution is 0.672. The average Bonchev–Trinajstić information content (AvgIpc) is 3.63. The minimum Gasteiger partial charge on any atom is -0.455 e. The lowest BCUT2D eigenvalue weighted by Crippen LogP contribution is -2.10. The van der Waals surface area contributed by atoms with Gasteiger partial charge in [0.1, 0.15) is 11.2 Å². The number of fused-ring (bicyclic) bond motifs is 9. The maximum Gasteiger partial charge on any atom is 0.143 e. The molecule has 2 heteroatoms. The van der Waals surface area contributed by atoms with Crippen LogP contribution in [0.2, 0.25) is 0 Å². The summed E-state index contributed by atoms with van der Waals surface area (Å²) >= 11 is 0. The van der Waals surface area contributed by atoms with Crippen LogP contribution in [0, 0.1) is 0 Å². The fraction of sp³-hybridized carbons (Fsp3) is 0. The summed E-state index contributed by atoms with van der Waals surface area (Å²) in [4.78, 5) is 2.38. The zero-order valence-electron chi connectivity index (χ0n) is 29.4. The van der Waals surface area contributed by atoms with Crippen LogP contribution in [-0.4, -0.2) is 0 Å². The molecule has 1 heterocycles. The smallest absolute Gasteiger partial charge is 0.143 e. The van der Waals surface area contributed by atoms with Crippen LogP contribution in [0.4, 0.5) is 17.1 Å². The van der Waals surface area contributed by atoms with E-state index in [1.165, 1.54) is 54.6 Å². The summed E-state index contributed by atoms with van der Waals surface area (Å²) in [5, 5.41) is 12.1. The molecule has 11 rings (SSSR count). The van der Waals surface area contributed by atoms with Crippen LogP contribution in [0.1, 0.15) is 0 Å². The molecule has 0 saturated carbocycles. The van der Waals surface area contributed by atoms with Crippen molar-refractivity contribution in [1.82, 2.24) is 0 Å². The zero-order valence-corrected chi connectivity index (χ0v) is 29.4. The van der Waals surface area contributed by atoms with Crippen LogP contribution < -0.4 is 4.90 Å². The number of hydrogen-bond donors (Lipinski definition) is 0. The van der Waals surface area contributed by atoms with E-state index < -0.39 is 0 Å². The molecule has 1 aromatic heterocycles. The first-order valence-electron chi connectivity index (χ1n) is 18.5. The van der Waals surface area contributed by atoms with Crippen molar-refractivity contribution in [1.29, 1.82) is 0 Å². The van der Waals surface area contributed by atoms with Gasteiger partial charge in [0.2, 0.25) is 0 Å². The highest BCUT2D eigenvalue weighted by atomic mass is 16.3. The molecule has 0 amide bonds. The highest BCUT2D eigenvalue weighted by Crippen LogP contribution is 2.43. The van der Waals surface area contributed by atoms with E-state index in [0.29, 0.717) is 0 Å². The van der Waals surface area contributed by atoms with Gasteiger partial charge in [0.25, 0.3) is 0 Å². The van der Waals surface area contributed by atoms with Crippen LogP contribution in [0.3, 0.4) is 0 Å². The fourth-order valence-corrected chi connectivity index (χ4v) is 8.41. The second-order valence-corrected chi connectivity index (χ2v) is 14.1. The van der Waals surface area contributed by atoms with E-state index in [1.807, 2.05) is 12.1 Å². The van der Waals surface area contributed by atoms with Gasteiger partial charge >= 0.3 is 0 Å². The molecular formula is C52H33NO. The number of nitrogens with zero attached hydrogens (tertiary/aromatic N) is 1. The molecule has 2 nitrogen and oxygen atoms in total. The monoisotopic (exact) mass is 687 g/mol. The number of furan rings is 1. The van der Waals surface area contributed by atoms with Gasteiger partial charge in [0, 0.05) is 32.9 Å². The van der Waals surface area contributed by atoms with E-state index in [2.05, 4.69) is 193 Å². The topological polar surface area (TPSA) is 16.4 Å². The molecule has 0 aliphatic rings. The standard InChI is InChI=1S/C52H33NO/c1-3-12-42-35(9-1)11-7-15-44(42)37-23-28-41(29-24-37)53(50-17-8-16-48-46(50)31-32-49-47-14-5-6-18-51(47)54-52(48)49)40-26-21-34(22-27-40)38-25-30-45-39(33-38)20-19-36-10-2-4-13-43(36)45/h1-33H. The number of benzene rings is 10. The van der Waals surface area contributed by atoms with Gasteiger partial charge in [-0.15, -0.1) is 0 Å². The average molecular weight is 688 g/mol. The molecule has 0 aliphatic heterocycles. The first kappa shape index (κ1) is 30.5. The van der Waals surface area contributed by atoms with Crippen LogP contribution in [-0.2, 0) is 0 Å². The van der Waals surface area contributed by atoms with Gasteiger partial charge < -0.3 is 9.32 Å². The lowest BCUT2D eigenvalue weighted by Gasteiger charge is -2.27. The Morgan fingerprint density at radius 1 is 0.315 bits per heavy atom. The summed E-state index contributed by atoms with van der Waals surface area (Å²) in [5.41, 5.74) is 9.90. The molecule has 0 saturated heterocycles. The van der Waals surface area contributed by atoms with Gasteiger partial charge in [-0.2, -0.15) is 0 Å². The maximum atomic E-state index is 6.51. The Labute approximate surface area is 312 Å². The van der Waals surface area contributed by atoms with Gasteiger partial charge in [-0.05, 0) is 103 Å². The first-order valence-corrected chi connectivity index (χ1v) is 18.5. The van der Waals surface area contributed by atoms with E-state index in [4.69, 9.17) is 4.42 Å². The number of rotatable bonds is 5. The van der Waals surface area contributed by atoms with Crippen molar-refractivity contribution < 1.29 is 4.42 Å². The van der Waals surface area contributed by atoms with Crippen molar-refractivity contribution in [2.75, 3.05) is 4.90 Å². The van der Waals surface area contributed by atoms with Crippen LogP contribution >= 0.6 is 0 Å². The van der Waals surface area contributed by atoms with Crippen molar-refractivity contribution in [2.45, 2.75) is 0 Å². The molecule has 0 fully saturated rings. The summed E-state index contributed by atoms with van der Waals surface area (Å²) in [7, 11) is 0. The minimum atomic E-state index is 0.906. The first-order chi connectivity index (χ1) is 26.8. The third-order valence-electron chi connectivity index (χ3n) is 11.0. The third kappa shape index (κ3) is 4.88. The largest absolute Gasteiger partial charge is 0.455 e. The molecule has 0 radical (unpaired) electrons. The van der Waals surface area contributed by atoms with Crippen molar-refractivity contribution >= 4 is 82.1 Å². The molecular weight excluding hydrogens is 655 g/mol. The highest BCUT2D eigenvalue weighted by Gasteiger charge is 2.19. The van der Waals surface area contributed by atoms with Crippen molar-refractivity contribution in [3.8, 4) is 22.3 Å². The van der Waals surface area contributed by atoms with Gasteiger partial charge in [-0.25, -0.2) is 0 Å². The lowest BCUT2D eigenvalue weighted by atomic mass is 9.97. The normalized spacial score (nSPS) is 11.7. The summed E-state index contributed by atoms with van der Waals surface area (Å²) in [6.07, 6.45) is 0. The van der Waals surface area contributed by atoms with Crippen LogP contribution in [0.15, 0.2) is 205 Å². The second-order valence-electron chi connectivity index (χ2n) is 14.1. The third-order valence-corrected chi connectivity index (χ3v) is 11.0. The molecule has 10 aromatic carbocycles. The van der Waals surface area contributed by atoms with E-state index in [9.17, 15) is 0 Å². The Morgan fingerprint density at radius 3 is 1.67 bits per heavy atom. The molecule has 0 spiro atoms. The van der Waals surface area contributed by atoms with Crippen molar-refractivity contribution in [2.24, 2.45) is 0 Å². The highest BCUT2D eigenvalue weighted by molar-refractivity contribution is 6.18. The molecule has 54 heavy (non-hydrogen) atoms. The summed E-state index contributed by atoms with van der Waals surface area (Å²) in [6, 6.07) is 72.3. The summed E-state index contributed by atoms with van der Waals surface area (Å²) < 4.78 is 6.51. The SMILES string of the molecule is c1ccc2c(-c3ccc(N(c4ccc(-c5ccc6c(ccc7ccccc76)c5)cc4)c4cccc5c4ccc4c6ccccc6oc54)cc3)cccc2c1. The molecule has 0 atom stereocenters. The van der Waals surface area contributed by atoms with E-state index in [0.717, 1.165) is 49.8 Å². The Hall–Kier alpha value is -7.16. The van der Waals surface area contributed by atoms with Gasteiger partial charge in [-0.3, -0.25) is 0 Å². The van der Waals surface area contributed by atoms with E-state index in [1.54, 1.807) is 0 Å². The Morgan fingerprint density at radius 2 is 0.852 bits per heavy atom. The molecule has 11 aromatic rings. The second kappa shape index (κ2) is 12.2. The number of para-hydroxylation sites is 1. The van der Waals surface area contributed by atoms with E-state index in [-0.39, 0.29) is 0 Å². The molecule has 0 bridgehead atoms. The maximum absolute atomic E-state index is 6.51. The molecule has 252 valence electrons. The van der Waals surface area contributed by atoms with Crippen LogP contribution in [0.5, 0.6) is 0 Å². The van der Waals surface area contributed by atoms with E-state index >= 15 is 0 Å². The molecule has 0 unspecified atom stereocenters. The number of anilines is 3. The fourth-order valence-electron chi connectivity index (χ4n) is 8.41. The Kier molecular flexibility index (Phi) is 6.90. The quantitative estimate of drug-likeness (QED) is 0.168. The summed E-state index contributed by atoms with van der Waals surface area (Å²) in [6.45, 7) is 0. The Bertz CT molecular complexity index is 3200. The predicted molar refractivity (Wildman–Crippen MR) is 229 cm³/mol. The van der Waals surface area contributed by atoms with Crippen LogP contribution in [0.25, 0.3) is 87.3 Å². The predicted octanol–water partition coefficient (Wildman–Crippen LogP) is 15.0. The Balaban J connectivity index is 1.05. The summed E-state index contributed by atoms with van der Waals surface area (Å²) in [5.74, 6) is 0. The number of hydrogen-bond acceptors (Lipinski definition) is 2. The minimum absolute atomic E-state index is 0.906. The zero-order chi connectivity index (χ0) is 35.6.